The van der Waals surface area contributed by atoms with Gasteiger partial charge in [0, 0.05) is 34.5 Å². The molecule has 1 aromatic carbocycles. The number of halogens is 1. The Balaban J connectivity index is 0.00000169. The van der Waals surface area contributed by atoms with E-state index in [1.54, 1.807) is 0 Å². The number of non-ortho nitro benzene ring substituents is 1. The van der Waals surface area contributed by atoms with Crippen LogP contribution in [0.25, 0.3) is 0 Å². The molecule has 0 aliphatic rings. The number of nitro benzene ring substituents is 1. The standard InChI is InChI=1S/C7H4FNO4.Ag/c8-6-2-1-4(9(12)13)3-5(6)7(10)11;/h1-3H,(H,10,11);. The molecule has 1 radical (unpaired) electrons. The van der Waals surface area contributed by atoms with Crippen LogP contribution in [0.3, 0.4) is 0 Å². The first-order valence-corrected chi connectivity index (χ1v) is 3.19. The van der Waals surface area contributed by atoms with Gasteiger partial charge in [0.25, 0.3) is 5.69 Å². The van der Waals surface area contributed by atoms with Gasteiger partial charge in [-0.05, 0) is 6.07 Å². The number of carbonyl (C=O) groups is 1. The third kappa shape index (κ3) is 2.63. The fraction of sp³-hybridized carbons (Fsp3) is 0. The van der Waals surface area contributed by atoms with Crippen LogP contribution in [0.5, 0.6) is 0 Å². The van der Waals surface area contributed by atoms with Crippen LogP contribution in [0.15, 0.2) is 18.2 Å². The van der Waals surface area contributed by atoms with Crippen molar-refractivity contribution < 1.29 is 41.6 Å². The SMILES string of the molecule is O=C(O)c1cc([N+](=O)[O-])ccc1F.[Ag]. The minimum absolute atomic E-state index is 0. The second-order valence-corrected chi connectivity index (χ2v) is 2.23. The maximum Gasteiger partial charge on any atom is 0.338 e. The summed E-state index contributed by atoms with van der Waals surface area (Å²) in [6.07, 6.45) is 0. The molecule has 0 spiro atoms. The van der Waals surface area contributed by atoms with Gasteiger partial charge in [-0.2, -0.15) is 0 Å². The zero-order valence-electron chi connectivity index (χ0n) is 6.53. The molecule has 1 N–H and O–H groups in total. The summed E-state index contributed by atoms with van der Waals surface area (Å²) < 4.78 is 12.7. The molecule has 0 aliphatic carbocycles. The molecule has 0 fully saturated rings. The van der Waals surface area contributed by atoms with Crippen LogP contribution in [-0.4, -0.2) is 16.0 Å². The number of rotatable bonds is 2. The molecule has 0 aliphatic heterocycles. The largest absolute Gasteiger partial charge is 0.478 e. The van der Waals surface area contributed by atoms with Crippen LogP contribution in [0.2, 0.25) is 0 Å². The Morgan fingerprint density at radius 1 is 1.50 bits per heavy atom. The minimum atomic E-state index is -1.53. The molecule has 0 aromatic heterocycles. The second-order valence-electron chi connectivity index (χ2n) is 2.23. The number of carboxylic acids is 1. The van der Waals surface area contributed by atoms with E-state index in [2.05, 4.69) is 0 Å². The molecule has 0 amide bonds. The van der Waals surface area contributed by atoms with E-state index < -0.39 is 28.0 Å². The van der Waals surface area contributed by atoms with Crippen LogP contribution in [0.4, 0.5) is 10.1 Å². The summed E-state index contributed by atoms with van der Waals surface area (Å²) in [5, 5.41) is 18.6. The van der Waals surface area contributed by atoms with E-state index in [9.17, 15) is 19.3 Å². The van der Waals surface area contributed by atoms with Gasteiger partial charge < -0.3 is 5.11 Å². The van der Waals surface area contributed by atoms with Crippen LogP contribution in [-0.2, 0) is 22.4 Å². The van der Waals surface area contributed by atoms with Crippen LogP contribution >= 0.6 is 0 Å². The van der Waals surface area contributed by atoms with Crippen molar-refractivity contribution in [3.05, 3.63) is 39.7 Å². The van der Waals surface area contributed by atoms with Crippen molar-refractivity contribution in [3.63, 3.8) is 0 Å². The number of nitro groups is 1. The molecule has 79 valence electrons. The van der Waals surface area contributed by atoms with Crippen LogP contribution in [0.1, 0.15) is 10.4 Å². The number of carboxylic acid groups (broad SMARTS) is 1. The van der Waals surface area contributed by atoms with Crippen molar-refractivity contribution in [2.24, 2.45) is 0 Å². The molecule has 0 saturated carbocycles. The average molecular weight is 293 g/mol. The van der Waals surface area contributed by atoms with Gasteiger partial charge in [0.15, 0.2) is 0 Å². The number of hydrogen-bond donors (Lipinski definition) is 1. The van der Waals surface area contributed by atoms with Crippen molar-refractivity contribution in [1.82, 2.24) is 0 Å². The minimum Gasteiger partial charge on any atom is -0.478 e. The molecule has 0 atom stereocenters. The Morgan fingerprint density at radius 2 is 2.07 bits per heavy atom. The molecule has 7 heteroatoms. The second kappa shape index (κ2) is 4.85. The zero-order valence-corrected chi connectivity index (χ0v) is 8.01. The third-order valence-corrected chi connectivity index (χ3v) is 1.39. The molecule has 0 heterocycles. The van der Waals surface area contributed by atoms with Gasteiger partial charge in [-0.1, -0.05) is 0 Å². The summed E-state index contributed by atoms with van der Waals surface area (Å²) in [6, 6.07) is 2.33. The number of nitrogens with zero attached hydrogens (tertiary/aromatic N) is 1. The number of aromatic carboxylic acids is 1. The van der Waals surface area contributed by atoms with Gasteiger partial charge in [-0.15, -0.1) is 0 Å². The summed E-state index contributed by atoms with van der Waals surface area (Å²) in [6.45, 7) is 0. The van der Waals surface area contributed by atoms with Crippen LogP contribution < -0.4 is 0 Å². The predicted octanol–water partition coefficient (Wildman–Crippen LogP) is 1.43. The predicted molar refractivity (Wildman–Crippen MR) is 40.0 cm³/mol. The fourth-order valence-electron chi connectivity index (χ4n) is 0.791. The molecule has 1 aromatic rings. The third-order valence-electron chi connectivity index (χ3n) is 1.39. The van der Waals surface area contributed by atoms with Gasteiger partial charge in [-0.3, -0.25) is 10.1 Å². The maximum absolute atomic E-state index is 12.7. The van der Waals surface area contributed by atoms with Crippen molar-refractivity contribution in [2.75, 3.05) is 0 Å². The molecular formula is C7H4AgFNO4. The maximum atomic E-state index is 12.7. The van der Waals surface area contributed by atoms with E-state index in [1.165, 1.54) is 0 Å². The van der Waals surface area contributed by atoms with E-state index in [0.29, 0.717) is 6.07 Å². The van der Waals surface area contributed by atoms with Crippen molar-refractivity contribution in [1.29, 1.82) is 0 Å². The summed E-state index contributed by atoms with van der Waals surface area (Å²) in [7, 11) is 0. The van der Waals surface area contributed by atoms with Gasteiger partial charge >= 0.3 is 5.97 Å². The van der Waals surface area contributed by atoms with E-state index in [-0.39, 0.29) is 22.4 Å². The van der Waals surface area contributed by atoms with Gasteiger partial charge in [0.05, 0.1) is 4.92 Å². The Hall–Kier alpha value is -1.24. The normalized spacial score (nSPS) is 8.93. The molecule has 0 bridgehead atoms. The Labute approximate surface area is 93.2 Å². The molecule has 5 nitrogen and oxygen atoms in total. The quantitative estimate of drug-likeness (QED) is 0.508. The molecule has 1 rings (SSSR count). The van der Waals surface area contributed by atoms with Gasteiger partial charge in [0.1, 0.15) is 11.4 Å². The topological polar surface area (TPSA) is 80.4 Å². The van der Waals surface area contributed by atoms with Crippen molar-refractivity contribution in [3.8, 4) is 0 Å². The Bertz CT molecular complexity index is 382. The smallest absolute Gasteiger partial charge is 0.338 e. The number of benzene rings is 1. The first-order valence-electron chi connectivity index (χ1n) is 3.19. The average Bonchev–Trinajstić information content (AvgIpc) is 2.04. The number of hydrogen-bond acceptors (Lipinski definition) is 3. The Morgan fingerprint density at radius 3 is 2.50 bits per heavy atom. The summed E-state index contributed by atoms with van der Waals surface area (Å²) in [5.41, 5.74) is -1.15. The molecule has 14 heavy (non-hydrogen) atoms. The molecule has 0 saturated heterocycles. The van der Waals surface area contributed by atoms with E-state index in [1.807, 2.05) is 0 Å². The first kappa shape index (κ1) is 12.8. The van der Waals surface area contributed by atoms with Crippen molar-refractivity contribution in [2.45, 2.75) is 0 Å². The monoisotopic (exact) mass is 292 g/mol. The summed E-state index contributed by atoms with van der Waals surface area (Å²) >= 11 is 0. The van der Waals surface area contributed by atoms with E-state index in [0.717, 1.165) is 12.1 Å². The van der Waals surface area contributed by atoms with E-state index >= 15 is 0 Å². The van der Waals surface area contributed by atoms with E-state index in [4.69, 9.17) is 5.11 Å². The fourth-order valence-corrected chi connectivity index (χ4v) is 0.791. The Kier molecular flexibility index (Phi) is 4.42. The van der Waals surface area contributed by atoms with Crippen LogP contribution in [0, 0.1) is 15.9 Å². The summed E-state index contributed by atoms with van der Waals surface area (Å²) in [5.74, 6) is -2.51. The van der Waals surface area contributed by atoms with Gasteiger partial charge in [0.2, 0.25) is 0 Å². The summed E-state index contributed by atoms with van der Waals surface area (Å²) in [4.78, 5) is 19.7. The first-order chi connectivity index (χ1) is 6.02. The molecular weight excluding hydrogens is 289 g/mol. The van der Waals surface area contributed by atoms with Gasteiger partial charge in [-0.25, -0.2) is 9.18 Å². The molecule has 0 unspecified atom stereocenters. The zero-order chi connectivity index (χ0) is 10.0. The van der Waals surface area contributed by atoms with Crippen molar-refractivity contribution >= 4 is 11.7 Å².